The first-order valence-electron chi connectivity index (χ1n) is 7.42. The molecule has 1 saturated heterocycles. The number of benzene rings is 1. The Hall–Kier alpha value is -1.26. The molecule has 0 saturated carbocycles. The normalized spacial score (nSPS) is 18.7. The van der Waals surface area contributed by atoms with Gasteiger partial charge in [0.05, 0.1) is 12.5 Å². The van der Waals surface area contributed by atoms with Gasteiger partial charge in [0, 0.05) is 13.0 Å². The highest BCUT2D eigenvalue weighted by atomic mass is 35.5. The van der Waals surface area contributed by atoms with E-state index in [-0.39, 0.29) is 18.3 Å². The van der Waals surface area contributed by atoms with Crippen LogP contribution in [0, 0.1) is 5.92 Å². The second-order valence-electron chi connectivity index (χ2n) is 5.74. The van der Waals surface area contributed by atoms with Crippen molar-refractivity contribution in [3.8, 4) is 5.75 Å². The van der Waals surface area contributed by atoms with Crippen molar-refractivity contribution in [2.45, 2.75) is 25.7 Å². The van der Waals surface area contributed by atoms with Gasteiger partial charge in [-0.05, 0) is 49.5 Å². The minimum Gasteiger partial charge on any atom is -0.493 e. The first-order valence-corrected chi connectivity index (χ1v) is 7.42. The van der Waals surface area contributed by atoms with Crippen LogP contribution in [-0.2, 0) is 17.6 Å². The molecule has 2 aliphatic heterocycles. The highest BCUT2D eigenvalue weighted by Crippen LogP contribution is 2.26. The number of hydrogen-bond donors (Lipinski definition) is 1. The standard InChI is InChI=1S/C16H21NO3.ClH/c18-16(19)13-4-8-17(9-5-13)7-3-12-1-2-15-14(11-12)6-10-20-15;/h1-2,11,13H,3-10H2,(H,18,19);1H. The van der Waals surface area contributed by atoms with Gasteiger partial charge in [-0.25, -0.2) is 0 Å². The number of carboxylic acids is 1. The van der Waals surface area contributed by atoms with E-state index in [0.717, 1.165) is 57.7 Å². The number of ether oxygens (including phenoxy) is 1. The van der Waals surface area contributed by atoms with Crippen molar-refractivity contribution in [2.24, 2.45) is 5.92 Å². The summed E-state index contributed by atoms with van der Waals surface area (Å²) in [5.74, 6) is 0.266. The first-order chi connectivity index (χ1) is 9.72. The average molecular weight is 312 g/mol. The van der Waals surface area contributed by atoms with Gasteiger partial charge in [-0.1, -0.05) is 12.1 Å². The van der Waals surface area contributed by atoms with Gasteiger partial charge in [0.2, 0.25) is 0 Å². The first kappa shape index (κ1) is 16.1. The third-order valence-corrected chi connectivity index (χ3v) is 4.41. The van der Waals surface area contributed by atoms with Crippen LogP contribution in [0.4, 0.5) is 0 Å². The number of halogens is 1. The Bertz CT molecular complexity index is 498. The van der Waals surface area contributed by atoms with Crippen molar-refractivity contribution in [1.29, 1.82) is 0 Å². The molecule has 4 nitrogen and oxygen atoms in total. The molecule has 0 aliphatic carbocycles. The monoisotopic (exact) mass is 311 g/mol. The number of fused-ring (bicyclic) bond motifs is 1. The molecular weight excluding hydrogens is 290 g/mol. The maximum absolute atomic E-state index is 10.9. The molecule has 1 aromatic rings. The predicted molar refractivity (Wildman–Crippen MR) is 83.4 cm³/mol. The molecule has 1 fully saturated rings. The number of aliphatic carboxylic acids is 1. The fourth-order valence-corrected chi connectivity index (χ4v) is 3.09. The summed E-state index contributed by atoms with van der Waals surface area (Å²) in [4.78, 5) is 13.3. The highest BCUT2D eigenvalue weighted by Gasteiger charge is 2.24. The molecule has 21 heavy (non-hydrogen) atoms. The van der Waals surface area contributed by atoms with E-state index in [2.05, 4.69) is 23.1 Å². The summed E-state index contributed by atoms with van der Waals surface area (Å²) < 4.78 is 5.52. The van der Waals surface area contributed by atoms with Crippen LogP contribution >= 0.6 is 12.4 Å². The predicted octanol–water partition coefficient (Wildman–Crippen LogP) is 2.38. The third-order valence-electron chi connectivity index (χ3n) is 4.41. The molecule has 2 heterocycles. The zero-order valence-corrected chi connectivity index (χ0v) is 12.9. The molecule has 0 amide bonds. The summed E-state index contributed by atoms with van der Waals surface area (Å²) in [7, 11) is 0. The Balaban J connectivity index is 0.00000161. The number of rotatable bonds is 4. The fraction of sp³-hybridized carbons (Fsp3) is 0.562. The van der Waals surface area contributed by atoms with Crippen molar-refractivity contribution >= 4 is 18.4 Å². The minimum absolute atomic E-state index is 0. The van der Waals surface area contributed by atoms with E-state index in [1.54, 1.807) is 0 Å². The summed E-state index contributed by atoms with van der Waals surface area (Å²) in [5.41, 5.74) is 2.68. The van der Waals surface area contributed by atoms with Crippen molar-refractivity contribution in [2.75, 3.05) is 26.2 Å². The molecule has 116 valence electrons. The molecule has 1 N–H and O–H groups in total. The maximum atomic E-state index is 10.9. The molecule has 0 aromatic heterocycles. The van der Waals surface area contributed by atoms with Gasteiger partial charge in [-0.2, -0.15) is 0 Å². The number of carboxylic acid groups (broad SMARTS) is 1. The Morgan fingerprint density at radius 3 is 2.81 bits per heavy atom. The Morgan fingerprint density at radius 2 is 2.10 bits per heavy atom. The fourth-order valence-electron chi connectivity index (χ4n) is 3.09. The van der Waals surface area contributed by atoms with E-state index in [1.807, 2.05) is 0 Å². The van der Waals surface area contributed by atoms with Crippen LogP contribution in [-0.4, -0.2) is 42.2 Å². The van der Waals surface area contributed by atoms with Crippen LogP contribution in [0.2, 0.25) is 0 Å². The molecule has 5 heteroatoms. The highest BCUT2D eigenvalue weighted by molar-refractivity contribution is 5.85. The van der Waals surface area contributed by atoms with E-state index in [1.165, 1.54) is 11.1 Å². The zero-order valence-electron chi connectivity index (χ0n) is 12.1. The smallest absolute Gasteiger partial charge is 0.306 e. The van der Waals surface area contributed by atoms with Gasteiger partial charge in [0.1, 0.15) is 5.75 Å². The molecule has 0 unspecified atom stereocenters. The van der Waals surface area contributed by atoms with Gasteiger partial charge < -0.3 is 14.7 Å². The lowest BCUT2D eigenvalue weighted by molar-refractivity contribution is -0.143. The molecule has 0 spiro atoms. The number of piperidine rings is 1. The third kappa shape index (κ3) is 3.89. The van der Waals surface area contributed by atoms with Crippen molar-refractivity contribution in [1.82, 2.24) is 4.90 Å². The lowest BCUT2D eigenvalue weighted by atomic mass is 9.97. The Labute approximate surface area is 131 Å². The molecular formula is C16H22ClNO3. The van der Waals surface area contributed by atoms with Crippen LogP contribution in [0.5, 0.6) is 5.75 Å². The van der Waals surface area contributed by atoms with Crippen LogP contribution in [0.25, 0.3) is 0 Å². The van der Waals surface area contributed by atoms with Crippen LogP contribution < -0.4 is 4.74 Å². The van der Waals surface area contributed by atoms with Crippen LogP contribution in [0.15, 0.2) is 18.2 Å². The van der Waals surface area contributed by atoms with Crippen LogP contribution in [0.3, 0.4) is 0 Å². The summed E-state index contributed by atoms with van der Waals surface area (Å²) in [6.45, 7) is 3.64. The quantitative estimate of drug-likeness (QED) is 0.927. The van der Waals surface area contributed by atoms with E-state index in [4.69, 9.17) is 9.84 Å². The molecule has 0 bridgehead atoms. The van der Waals surface area contributed by atoms with Gasteiger partial charge in [-0.15, -0.1) is 12.4 Å². The van der Waals surface area contributed by atoms with Crippen molar-refractivity contribution in [3.63, 3.8) is 0 Å². The van der Waals surface area contributed by atoms with E-state index in [0.29, 0.717) is 0 Å². The molecule has 0 radical (unpaired) electrons. The lowest BCUT2D eigenvalue weighted by Crippen LogP contribution is -2.37. The SMILES string of the molecule is Cl.O=C(O)C1CCN(CCc2ccc3c(c2)CCO3)CC1. The summed E-state index contributed by atoms with van der Waals surface area (Å²) in [6.07, 6.45) is 3.62. The molecule has 2 aliphatic rings. The largest absolute Gasteiger partial charge is 0.493 e. The summed E-state index contributed by atoms with van der Waals surface area (Å²) in [6, 6.07) is 6.48. The number of hydrogen-bond acceptors (Lipinski definition) is 3. The lowest BCUT2D eigenvalue weighted by Gasteiger charge is -2.29. The topological polar surface area (TPSA) is 49.8 Å². The number of carbonyl (C=O) groups is 1. The van der Waals surface area contributed by atoms with E-state index in [9.17, 15) is 4.79 Å². The van der Waals surface area contributed by atoms with E-state index >= 15 is 0 Å². The second-order valence-corrected chi connectivity index (χ2v) is 5.74. The van der Waals surface area contributed by atoms with Crippen LogP contribution in [0.1, 0.15) is 24.0 Å². The molecule has 1 aromatic carbocycles. The number of likely N-dealkylation sites (tertiary alicyclic amines) is 1. The zero-order chi connectivity index (χ0) is 13.9. The minimum atomic E-state index is -0.636. The van der Waals surface area contributed by atoms with Gasteiger partial charge in [-0.3, -0.25) is 4.79 Å². The van der Waals surface area contributed by atoms with Gasteiger partial charge >= 0.3 is 5.97 Å². The number of nitrogens with zero attached hydrogens (tertiary/aromatic N) is 1. The van der Waals surface area contributed by atoms with Crippen molar-refractivity contribution < 1.29 is 14.6 Å². The van der Waals surface area contributed by atoms with Gasteiger partial charge in [0.15, 0.2) is 0 Å². The summed E-state index contributed by atoms with van der Waals surface area (Å²) >= 11 is 0. The molecule has 3 rings (SSSR count). The Kier molecular flexibility index (Phi) is 5.48. The second kappa shape index (κ2) is 7.14. The van der Waals surface area contributed by atoms with E-state index < -0.39 is 5.97 Å². The molecule has 0 atom stereocenters. The van der Waals surface area contributed by atoms with Crippen molar-refractivity contribution in [3.05, 3.63) is 29.3 Å². The maximum Gasteiger partial charge on any atom is 0.306 e. The summed E-state index contributed by atoms with van der Waals surface area (Å²) in [5, 5.41) is 8.99. The Morgan fingerprint density at radius 1 is 1.33 bits per heavy atom. The van der Waals surface area contributed by atoms with Gasteiger partial charge in [0.25, 0.3) is 0 Å². The average Bonchev–Trinajstić information content (AvgIpc) is 2.93.